The summed E-state index contributed by atoms with van der Waals surface area (Å²) >= 11 is 5.85. The Kier molecular flexibility index (Phi) is 5.32. The molecule has 0 spiro atoms. The number of anilines is 1. The zero-order valence-electron chi connectivity index (χ0n) is 10.4. The normalized spacial score (nSPS) is 9.63. The van der Waals surface area contributed by atoms with Crippen LogP contribution in [0, 0.1) is 0 Å². The molecule has 6 nitrogen and oxygen atoms in total. The standard InChI is InChI=1S/C12H12ClNO5/c1-3-19-12(17)10(15)14-9-6-7(11(16)18-2)4-5-8(9)13/h4-6H,3H2,1-2H3,(H,14,15). The number of nitrogens with one attached hydrogen (secondary N) is 1. The maximum atomic E-state index is 11.4. The van der Waals surface area contributed by atoms with Gasteiger partial charge in [0.2, 0.25) is 0 Å². The van der Waals surface area contributed by atoms with Crippen molar-refractivity contribution in [3.63, 3.8) is 0 Å². The highest BCUT2D eigenvalue weighted by molar-refractivity contribution is 6.39. The molecule has 0 atom stereocenters. The van der Waals surface area contributed by atoms with Gasteiger partial charge in [-0.25, -0.2) is 9.59 Å². The molecule has 1 amide bonds. The van der Waals surface area contributed by atoms with Crippen LogP contribution in [0.4, 0.5) is 5.69 Å². The molecule has 7 heteroatoms. The van der Waals surface area contributed by atoms with Crippen LogP contribution in [-0.4, -0.2) is 31.6 Å². The topological polar surface area (TPSA) is 81.7 Å². The highest BCUT2D eigenvalue weighted by Crippen LogP contribution is 2.23. The van der Waals surface area contributed by atoms with E-state index in [0.717, 1.165) is 0 Å². The molecule has 1 rings (SSSR count). The molecule has 1 aromatic rings. The van der Waals surface area contributed by atoms with Gasteiger partial charge in [0.25, 0.3) is 0 Å². The van der Waals surface area contributed by atoms with Crippen LogP contribution in [0.2, 0.25) is 5.02 Å². The number of ether oxygens (including phenoxy) is 2. The van der Waals surface area contributed by atoms with Gasteiger partial charge in [-0.05, 0) is 25.1 Å². The Morgan fingerprint density at radius 2 is 2.00 bits per heavy atom. The van der Waals surface area contributed by atoms with Crippen LogP contribution >= 0.6 is 11.6 Å². The molecule has 0 aliphatic heterocycles. The molecule has 0 aromatic heterocycles. The number of hydrogen-bond donors (Lipinski definition) is 1. The van der Waals surface area contributed by atoms with E-state index in [0.29, 0.717) is 0 Å². The first kappa shape index (κ1) is 15.0. The number of carbonyl (C=O) groups is 3. The zero-order chi connectivity index (χ0) is 14.4. The van der Waals surface area contributed by atoms with Crippen LogP contribution in [0.1, 0.15) is 17.3 Å². The van der Waals surface area contributed by atoms with Gasteiger partial charge in [-0.1, -0.05) is 11.6 Å². The van der Waals surface area contributed by atoms with Gasteiger partial charge in [-0.15, -0.1) is 0 Å². The number of esters is 2. The third-order valence-corrected chi connectivity index (χ3v) is 2.43. The summed E-state index contributed by atoms with van der Waals surface area (Å²) in [6.45, 7) is 1.66. The third kappa shape index (κ3) is 3.96. The summed E-state index contributed by atoms with van der Waals surface area (Å²) in [6.07, 6.45) is 0. The minimum atomic E-state index is -1.03. The van der Waals surface area contributed by atoms with E-state index in [-0.39, 0.29) is 22.9 Å². The van der Waals surface area contributed by atoms with Gasteiger partial charge in [-0.2, -0.15) is 0 Å². The zero-order valence-corrected chi connectivity index (χ0v) is 11.1. The van der Waals surface area contributed by atoms with Crippen molar-refractivity contribution < 1.29 is 23.9 Å². The minimum absolute atomic E-state index is 0.0855. The van der Waals surface area contributed by atoms with E-state index in [1.54, 1.807) is 6.92 Å². The second-order valence-electron chi connectivity index (χ2n) is 3.36. The van der Waals surface area contributed by atoms with E-state index in [1.807, 2.05) is 0 Å². The van der Waals surface area contributed by atoms with E-state index in [1.165, 1.54) is 25.3 Å². The van der Waals surface area contributed by atoms with Crippen LogP contribution in [0.3, 0.4) is 0 Å². The predicted molar refractivity (Wildman–Crippen MR) is 68.1 cm³/mol. The van der Waals surface area contributed by atoms with Gasteiger partial charge >= 0.3 is 17.8 Å². The average molecular weight is 286 g/mol. The van der Waals surface area contributed by atoms with Gasteiger partial charge in [0.15, 0.2) is 0 Å². The molecule has 1 aromatic carbocycles. The van der Waals surface area contributed by atoms with Gasteiger partial charge in [-0.3, -0.25) is 4.79 Å². The summed E-state index contributed by atoms with van der Waals surface area (Å²) in [7, 11) is 1.23. The Balaban J connectivity index is 2.91. The largest absolute Gasteiger partial charge is 0.465 e. The van der Waals surface area contributed by atoms with Crippen molar-refractivity contribution >= 4 is 35.1 Å². The number of rotatable bonds is 3. The van der Waals surface area contributed by atoms with Crippen molar-refractivity contribution in [2.75, 3.05) is 19.0 Å². The van der Waals surface area contributed by atoms with Crippen molar-refractivity contribution in [1.82, 2.24) is 0 Å². The van der Waals surface area contributed by atoms with Crippen LogP contribution in [0.15, 0.2) is 18.2 Å². The lowest BCUT2D eigenvalue weighted by Gasteiger charge is -2.08. The molecular weight excluding hydrogens is 274 g/mol. The van der Waals surface area contributed by atoms with Crippen LogP contribution in [-0.2, 0) is 19.1 Å². The van der Waals surface area contributed by atoms with E-state index in [4.69, 9.17) is 11.6 Å². The van der Waals surface area contributed by atoms with Crippen molar-refractivity contribution in [1.29, 1.82) is 0 Å². The van der Waals surface area contributed by atoms with E-state index < -0.39 is 17.8 Å². The highest BCUT2D eigenvalue weighted by Gasteiger charge is 2.17. The van der Waals surface area contributed by atoms with Gasteiger partial charge in [0.05, 0.1) is 30.0 Å². The highest BCUT2D eigenvalue weighted by atomic mass is 35.5. The first-order valence-electron chi connectivity index (χ1n) is 5.35. The molecular formula is C12H12ClNO5. The average Bonchev–Trinajstić information content (AvgIpc) is 2.40. The molecule has 0 radical (unpaired) electrons. The maximum Gasteiger partial charge on any atom is 0.397 e. The lowest BCUT2D eigenvalue weighted by Crippen LogP contribution is -2.25. The number of carbonyl (C=O) groups excluding carboxylic acids is 3. The van der Waals surface area contributed by atoms with Gasteiger partial charge in [0.1, 0.15) is 0 Å². The Bertz CT molecular complexity index is 515. The summed E-state index contributed by atoms with van der Waals surface area (Å²) in [5.41, 5.74) is 0.327. The first-order chi connectivity index (χ1) is 8.99. The van der Waals surface area contributed by atoms with Gasteiger partial charge in [0, 0.05) is 0 Å². The quantitative estimate of drug-likeness (QED) is 0.674. The summed E-state index contributed by atoms with van der Waals surface area (Å²) < 4.78 is 9.06. The lowest BCUT2D eigenvalue weighted by atomic mass is 10.2. The molecule has 1 N–H and O–H groups in total. The molecule has 0 heterocycles. The van der Waals surface area contributed by atoms with Crippen LogP contribution < -0.4 is 5.32 Å². The van der Waals surface area contributed by atoms with Gasteiger partial charge < -0.3 is 14.8 Å². The second kappa shape index (κ2) is 6.75. The third-order valence-electron chi connectivity index (χ3n) is 2.10. The molecule has 19 heavy (non-hydrogen) atoms. The molecule has 0 aliphatic rings. The van der Waals surface area contributed by atoms with E-state index in [2.05, 4.69) is 14.8 Å². The number of amides is 1. The Morgan fingerprint density at radius 1 is 1.32 bits per heavy atom. The van der Waals surface area contributed by atoms with Crippen LogP contribution in [0.5, 0.6) is 0 Å². The molecule has 0 saturated heterocycles. The Hall–Kier alpha value is -2.08. The number of halogens is 1. The number of benzene rings is 1. The van der Waals surface area contributed by atoms with E-state index >= 15 is 0 Å². The van der Waals surface area contributed by atoms with Crippen molar-refractivity contribution in [2.24, 2.45) is 0 Å². The van der Waals surface area contributed by atoms with Crippen molar-refractivity contribution in [3.8, 4) is 0 Å². The maximum absolute atomic E-state index is 11.4. The second-order valence-corrected chi connectivity index (χ2v) is 3.77. The Morgan fingerprint density at radius 3 is 2.58 bits per heavy atom. The summed E-state index contributed by atoms with van der Waals surface area (Å²) in [5.74, 6) is -2.57. The smallest absolute Gasteiger partial charge is 0.397 e. The van der Waals surface area contributed by atoms with Crippen molar-refractivity contribution in [3.05, 3.63) is 28.8 Å². The fourth-order valence-electron chi connectivity index (χ4n) is 1.24. The molecule has 0 fully saturated rings. The van der Waals surface area contributed by atoms with Crippen LogP contribution in [0.25, 0.3) is 0 Å². The predicted octanol–water partition coefficient (Wildman–Crippen LogP) is 1.63. The van der Waals surface area contributed by atoms with Crippen molar-refractivity contribution in [2.45, 2.75) is 6.92 Å². The fourth-order valence-corrected chi connectivity index (χ4v) is 1.40. The molecule has 0 unspecified atom stereocenters. The number of methoxy groups -OCH3 is 1. The molecule has 0 bridgehead atoms. The fraction of sp³-hybridized carbons (Fsp3) is 0.250. The lowest BCUT2D eigenvalue weighted by molar-refractivity contribution is -0.152. The SMILES string of the molecule is CCOC(=O)C(=O)Nc1cc(C(=O)OC)ccc1Cl. The summed E-state index contributed by atoms with van der Waals surface area (Å²) in [4.78, 5) is 33.9. The Labute approximate surface area is 114 Å². The first-order valence-corrected chi connectivity index (χ1v) is 5.73. The number of hydrogen-bond acceptors (Lipinski definition) is 5. The molecule has 0 saturated carbocycles. The summed E-state index contributed by atoms with van der Waals surface area (Å²) in [6, 6.07) is 4.16. The minimum Gasteiger partial charge on any atom is -0.465 e. The monoisotopic (exact) mass is 285 g/mol. The molecule has 102 valence electrons. The summed E-state index contributed by atoms with van der Waals surface area (Å²) in [5, 5.41) is 2.45. The molecule has 0 aliphatic carbocycles. The van der Waals surface area contributed by atoms with E-state index in [9.17, 15) is 14.4 Å².